The molecule has 0 bridgehead atoms. The van der Waals surface area contributed by atoms with Crippen LogP contribution in [0.2, 0.25) is 0 Å². The number of hydrogen-bond donors (Lipinski definition) is 0. The quantitative estimate of drug-likeness (QED) is 0.297. The number of rotatable bonds is 1. The van der Waals surface area contributed by atoms with E-state index in [1.165, 1.54) is 11.3 Å². The molecule has 0 aliphatic carbocycles. The summed E-state index contributed by atoms with van der Waals surface area (Å²) in [6.07, 6.45) is 0. The molecule has 7 heteroatoms. The summed E-state index contributed by atoms with van der Waals surface area (Å²) in [6, 6.07) is 8.08. The number of thiophene rings is 1. The molecule has 134 valence electrons. The van der Waals surface area contributed by atoms with E-state index >= 15 is 0 Å². The van der Waals surface area contributed by atoms with Gasteiger partial charge < -0.3 is 17.3 Å². The first-order chi connectivity index (χ1) is 11.1. The van der Waals surface area contributed by atoms with Crippen molar-refractivity contribution in [2.75, 3.05) is 0 Å². The van der Waals surface area contributed by atoms with Crippen LogP contribution in [0.25, 0.3) is 10.4 Å². The van der Waals surface area contributed by atoms with E-state index < -0.39 is 7.25 Å². The Morgan fingerprint density at radius 2 is 1.38 bits per heavy atom. The lowest BCUT2D eigenvalue weighted by Crippen LogP contribution is -2.16. The highest BCUT2D eigenvalue weighted by Gasteiger charge is 2.34. The Hall–Kier alpha value is -1.37. The zero-order valence-corrected chi connectivity index (χ0v) is 15.5. The standard InChI is InChI=1S/C17H23OS.BF4/c1-16(2,3)14-10-12(13-8-7-9-19-13)11-15(18-14)17(4,5)6;2-1(3,4)5/h7-11H,1-6H3;/q+1;-1/i9D;. The smallest absolute Gasteiger partial charge is 0.418 e. The van der Waals surface area contributed by atoms with Gasteiger partial charge in [0.2, 0.25) is 0 Å². The first kappa shape index (κ1) is 19.0. The SMILES string of the molecule is F[B-](F)(F)F.[2H]c1ccc(-c2cc(C(C)(C)C)[o+]c(C(C)(C)C)c2)s1. The van der Waals surface area contributed by atoms with E-state index in [4.69, 9.17) is 5.79 Å². The highest BCUT2D eigenvalue weighted by atomic mass is 32.1. The summed E-state index contributed by atoms with van der Waals surface area (Å²) in [6.45, 7) is 13.0. The lowest BCUT2D eigenvalue weighted by atomic mass is 9.88. The van der Waals surface area contributed by atoms with Gasteiger partial charge in [0.1, 0.15) is 0 Å². The largest absolute Gasteiger partial charge is 0.673 e. The van der Waals surface area contributed by atoms with Gasteiger partial charge in [0.05, 0.1) is 12.2 Å². The molecule has 0 N–H and O–H groups in total. The first-order valence-corrected chi connectivity index (χ1v) is 8.32. The minimum Gasteiger partial charge on any atom is -0.418 e. The summed E-state index contributed by atoms with van der Waals surface area (Å²) in [7, 11) is -6.00. The van der Waals surface area contributed by atoms with Crippen molar-refractivity contribution in [1.82, 2.24) is 0 Å². The second-order valence-corrected chi connectivity index (χ2v) is 8.37. The molecule has 0 saturated heterocycles. The lowest BCUT2D eigenvalue weighted by Gasteiger charge is -2.14. The third kappa shape index (κ3) is 7.03. The molecule has 0 aromatic carbocycles. The van der Waals surface area contributed by atoms with Crippen molar-refractivity contribution in [1.29, 1.82) is 0 Å². The Morgan fingerprint density at radius 1 is 0.958 bits per heavy atom. The fraction of sp³-hybridized carbons (Fsp3) is 0.471. The van der Waals surface area contributed by atoms with Crippen LogP contribution in [-0.2, 0) is 10.8 Å². The van der Waals surface area contributed by atoms with Gasteiger partial charge in [0.25, 0.3) is 0 Å². The fourth-order valence-corrected chi connectivity index (χ4v) is 2.41. The maximum atomic E-state index is 9.75. The maximum absolute atomic E-state index is 9.75. The summed E-state index contributed by atoms with van der Waals surface area (Å²) in [5.74, 6) is 1.97. The molecule has 0 fully saturated rings. The van der Waals surface area contributed by atoms with Gasteiger partial charge in [0, 0.05) is 22.6 Å². The second kappa shape index (κ2) is 7.25. The van der Waals surface area contributed by atoms with Gasteiger partial charge in [-0.2, -0.15) is 0 Å². The van der Waals surface area contributed by atoms with Gasteiger partial charge in [-0.25, -0.2) is 4.42 Å². The molecule has 2 aromatic rings. The summed E-state index contributed by atoms with van der Waals surface area (Å²) in [5.41, 5.74) is 1.09. The van der Waals surface area contributed by atoms with Crippen LogP contribution in [0.1, 0.15) is 54.4 Å². The Labute approximate surface area is 146 Å². The van der Waals surface area contributed by atoms with Crippen LogP contribution in [0.15, 0.2) is 34.0 Å². The number of halogens is 4. The van der Waals surface area contributed by atoms with Gasteiger partial charge in [-0.15, -0.1) is 11.3 Å². The third-order valence-electron chi connectivity index (χ3n) is 3.03. The van der Waals surface area contributed by atoms with Crippen LogP contribution in [0.5, 0.6) is 0 Å². The molecule has 0 unspecified atom stereocenters. The van der Waals surface area contributed by atoms with Crippen molar-refractivity contribution < 1.29 is 23.1 Å². The molecule has 0 atom stereocenters. The molecule has 0 amide bonds. The van der Waals surface area contributed by atoms with Crippen LogP contribution in [-0.4, -0.2) is 7.25 Å². The molecule has 24 heavy (non-hydrogen) atoms. The molecule has 0 radical (unpaired) electrons. The van der Waals surface area contributed by atoms with Crippen LogP contribution in [0.4, 0.5) is 17.3 Å². The molecule has 1 nitrogen and oxygen atoms in total. The summed E-state index contributed by atoms with van der Waals surface area (Å²) < 4.78 is 52.8. The lowest BCUT2D eigenvalue weighted by molar-refractivity contribution is 0.329. The van der Waals surface area contributed by atoms with Crippen LogP contribution in [0.3, 0.4) is 0 Å². The molecule has 2 aromatic heterocycles. The van der Waals surface area contributed by atoms with E-state index in [9.17, 15) is 17.3 Å². The molecular weight excluding hydrogens is 339 g/mol. The van der Waals surface area contributed by atoms with Gasteiger partial charge in [0.15, 0.2) is 0 Å². The monoisotopic (exact) mass is 363 g/mol. The van der Waals surface area contributed by atoms with E-state index in [2.05, 4.69) is 53.7 Å². The Kier molecular flexibility index (Phi) is 5.73. The van der Waals surface area contributed by atoms with Gasteiger partial charge >= 0.3 is 18.8 Å². The molecule has 0 aliphatic rings. The highest BCUT2D eigenvalue weighted by Crippen LogP contribution is 2.35. The Morgan fingerprint density at radius 3 is 1.67 bits per heavy atom. The average Bonchev–Trinajstić information content (AvgIpc) is 2.81. The van der Waals surface area contributed by atoms with Crippen molar-refractivity contribution in [3.05, 3.63) is 41.1 Å². The van der Waals surface area contributed by atoms with Crippen LogP contribution in [0, 0.1) is 0 Å². The Bertz CT molecular complexity index is 676. The Balaban J connectivity index is 0.000000550. The zero-order valence-electron chi connectivity index (χ0n) is 15.7. The predicted octanol–water partition coefficient (Wildman–Crippen LogP) is 7.18. The highest BCUT2D eigenvalue weighted by molar-refractivity contribution is 7.13. The molecule has 0 saturated carbocycles. The molecular formula is C17H23BF4OS. The van der Waals surface area contributed by atoms with Gasteiger partial charge in [-0.1, -0.05) is 6.07 Å². The molecule has 2 heterocycles. The fourth-order valence-electron chi connectivity index (χ4n) is 1.78. The molecule has 0 aliphatic heterocycles. The molecule has 0 spiro atoms. The predicted molar refractivity (Wildman–Crippen MR) is 94.0 cm³/mol. The normalized spacial score (nSPS) is 13.2. The minimum atomic E-state index is -6.00. The van der Waals surface area contributed by atoms with E-state index in [0.717, 1.165) is 22.0 Å². The molecule has 2 rings (SSSR count). The topological polar surface area (TPSA) is 11.3 Å². The van der Waals surface area contributed by atoms with E-state index in [0.29, 0.717) is 5.36 Å². The summed E-state index contributed by atoms with van der Waals surface area (Å²) >= 11 is 1.50. The van der Waals surface area contributed by atoms with Gasteiger partial charge in [-0.05, 0) is 53.0 Å². The minimum absolute atomic E-state index is 0.0307. The summed E-state index contributed by atoms with van der Waals surface area (Å²) in [5, 5.41) is 0.593. The van der Waals surface area contributed by atoms with E-state index in [-0.39, 0.29) is 10.8 Å². The van der Waals surface area contributed by atoms with Crippen molar-refractivity contribution in [3.8, 4) is 10.4 Å². The van der Waals surface area contributed by atoms with Crippen molar-refractivity contribution in [2.45, 2.75) is 52.4 Å². The summed E-state index contributed by atoms with van der Waals surface area (Å²) in [4.78, 5) is 1.13. The van der Waals surface area contributed by atoms with Crippen molar-refractivity contribution in [3.63, 3.8) is 0 Å². The first-order valence-electron chi connectivity index (χ1n) is 8.00. The van der Waals surface area contributed by atoms with Crippen molar-refractivity contribution in [2.24, 2.45) is 0 Å². The third-order valence-corrected chi connectivity index (χ3v) is 3.87. The second-order valence-electron chi connectivity index (χ2n) is 7.49. The zero-order chi connectivity index (χ0) is 19.6. The van der Waals surface area contributed by atoms with Crippen LogP contribution < -0.4 is 0 Å². The van der Waals surface area contributed by atoms with E-state index in [1.54, 1.807) is 0 Å². The van der Waals surface area contributed by atoms with Gasteiger partial charge in [-0.3, -0.25) is 0 Å². The maximum Gasteiger partial charge on any atom is 0.673 e. The van der Waals surface area contributed by atoms with Crippen molar-refractivity contribution >= 4 is 18.6 Å². The average molecular weight is 363 g/mol. The van der Waals surface area contributed by atoms with E-state index in [1.807, 2.05) is 12.1 Å². The number of hydrogen-bond acceptors (Lipinski definition) is 1. The van der Waals surface area contributed by atoms with Crippen LogP contribution >= 0.6 is 11.3 Å².